The summed E-state index contributed by atoms with van der Waals surface area (Å²) in [6, 6.07) is 9.38. The van der Waals surface area contributed by atoms with Crippen molar-refractivity contribution in [2.75, 3.05) is 0 Å². The minimum atomic E-state index is -1.12. The van der Waals surface area contributed by atoms with Crippen LogP contribution in [-0.2, 0) is 11.3 Å². The van der Waals surface area contributed by atoms with E-state index in [0.29, 0.717) is 11.2 Å². The van der Waals surface area contributed by atoms with Gasteiger partial charge in [0.2, 0.25) is 0 Å². The SMILES string of the molecule is Cc1ccc(-c2cc3c(=O)n(CC(=O)O)ncn3n2)cc1. The zero-order valence-electron chi connectivity index (χ0n) is 11.2. The topological polar surface area (TPSA) is 89.5 Å². The van der Waals surface area contributed by atoms with Crippen LogP contribution in [0.15, 0.2) is 41.5 Å². The molecule has 2 aromatic heterocycles. The fraction of sp³-hybridized carbons (Fsp3) is 0.143. The highest BCUT2D eigenvalue weighted by atomic mass is 16.4. The van der Waals surface area contributed by atoms with Crippen molar-refractivity contribution in [1.82, 2.24) is 19.4 Å². The van der Waals surface area contributed by atoms with E-state index in [1.807, 2.05) is 31.2 Å². The molecule has 0 aliphatic carbocycles. The molecule has 3 aromatic rings. The summed E-state index contributed by atoms with van der Waals surface area (Å²) in [5, 5.41) is 16.8. The molecule has 1 aromatic carbocycles. The summed E-state index contributed by atoms with van der Waals surface area (Å²) in [6.07, 6.45) is 1.33. The predicted octanol–water partition coefficient (Wildman–Crippen LogP) is 0.951. The highest BCUT2D eigenvalue weighted by Gasteiger charge is 2.11. The molecule has 0 aliphatic rings. The van der Waals surface area contributed by atoms with Gasteiger partial charge >= 0.3 is 5.97 Å². The van der Waals surface area contributed by atoms with Gasteiger partial charge in [-0.2, -0.15) is 10.2 Å². The summed E-state index contributed by atoms with van der Waals surface area (Å²) in [4.78, 5) is 22.8. The summed E-state index contributed by atoms with van der Waals surface area (Å²) in [7, 11) is 0. The van der Waals surface area contributed by atoms with Crippen molar-refractivity contribution < 1.29 is 9.90 Å². The zero-order valence-corrected chi connectivity index (χ0v) is 11.2. The summed E-state index contributed by atoms with van der Waals surface area (Å²) >= 11 is 0. The molecule has 2 heterocycles. The molecule has 0 fully saturated rings. The summed E-state index contributed by atoms with van der Waals surface area (Å²) in [5.41, 5.74) is 2.47. The van der Waals surface area contributed by atoms with Gasteiger partial charge in [0, 0.05) is 5.56 Å². The normalized spacial score (nSPS) is 10.9. The number of nitrogens with zero attached hydrogens (tertiary/aromatic N) is 4. The Morgan fingerprint density at radius 3 is 2.67 bits per heavy atom. The average molecular weight is 284 g/mol. The van der Waals surface area contributed by atoms with Gasteiger partial charge in [-0.3, -0.25) is 9.59 Å². The third-order valence-electron chi connectivity index (χ3n) is 3.12. The van der Waals surface area contributed by atoms with Crippen molar-refractivity contribution in [3.8, 4) is 11.3 Å². The van der Waals surface area contributed by atoms with E-state index in [4.69, 9.17) is 5.11 Å². The van der Waals surface area contributed by atoms with Crippen molar-refractivity contribution >= 4 is 11.5 Å². The van der Waals surface area contributed by atoms with Crippen molar-refractivity contribution in [2.45, 2.75) is 13.5 Å². The molecule has 0 bridgehead atoms. The maximum absolute atomic E-state index is 12.1. The van der Waals surface area contributed by atoms with Gasteiger partial charge in [0.05, 0.1) is 5.69 Å². The molecule has 0 saturated carbocycles. The van der Waals surface area contributed by atoms with E-state index < -0.39 is 18.1 Å². The molecule has 0 atom stereocenters. The van der Waals surface area contributed by atoms with Crippen LogP contribution >= 0.6 is 0 Å². The number of aromatic nitrogens is 4. The number of hydrogen-bond donors (Lipinski definition) is 1. The maximum Gasteiger partial charge on any atom is 0.325 e. The Balaban J connectivity index is 2.12. The lowest BCUT2D eigenvalue weighted by molar-refractivity contribution is -0.138. The molecule has 0 aliphatic heterocycles. The van der Waals surface area contributed by atoms with Crippen molar-refractivity contribution in [3.05, 3.63) is 52.6 Å². The summed E-state index contributed by atoms with van der Waals surface area (Å²) in [6.45, 7) is 1.52. The zero-order chi connectivity index (χ0) is 15.0. The number of aryl methyl sites for hydroxylation is 1. The molecule has 0 radical (unpaired) electrons. The molecule has 0 unspecified atom stereocenters. The first-order valence-electron chi connectivity index (χ1n) is 6.29. The van der Waals surface area contributed by atoms with Gasteiger partial charge in [0.1, 0.15) is 18.4 Å². The molecule has 7 nitrogen and oxygen atoms in total. The van der Waals surface area contributed by atoms with Gasteiger partial charge in [-0.1, -0.05) is 29.8 Å². The average Bonchev–Trinajstić information content (AvgIpc) is 2.87. The van der Waals surface area contributed by atoms with E-state index in [1.165, 1.54) is 10.8 Å². The van der Waals surface area contributed by atoms with Gasteiger partial charge in [-0.05, 0) is 13.0 Å². The Kier molecular flexibility index (Phi) is 3.02. The van der Waals surface area contributed by atoms with Crippen LogP contribution < -0.4 is 5.56 Å². The molecule has 0 amide bonds. The minimum absolute atomic E-state index is 0.293. The number of rotatable bonds is 3. The number of benzene rings is 1. The van der Waals surface area contributed by atoms with E-state index in [1.54, 1.807) is 6.07 Å². The third kappa shape index (κ3) is 2.40. The highest BCUT2D eigenvalue weighted by molar-refractivity contribution is 5.67. The van der Waals surface area contributed by atoms with Crippen LogP contribution in [0.25, 0.3) is 16.8 Å². The molecule has 21 heavy (non-hydrogen) atoms. The van der Waals surface area contributed by atoms with Crippen LogP contribution in [0.3, 0.4) is 0 Å². The lowest BCUT2D eigenvalue weighted by Gasteiger charge is -1.99. The van der Waals surface area contributed by atoms with Crippen LogP contribution in [0.2, 0.25) is 0 Å². The van der Waals surface area contributed by atoms with E-state index in [-0.39, 0.29) is 0 Å². The molecule has 1 N–H and O–H groups in total. The number of fused-ring (bicyclic) bond motifs is 1. The van der Waals surface area contributed by atoms with Crippen LogP contribution in [0, 0.1) is 6.92 Å². The molecule has 0 saturated heterocycles. The monoisotopic (exact) mass is 284 g/mol. The van der Waals surface area contributed by atoms with Crippen LogP contribution in [0.4, 0.5) is 0 Å². The first-order valence-corrected chi connectivity index (χ1v) is 6.29. The maximum atomic E-state index is 12.1. The predicted molar refractivity (Wildman–Crippen MR) is 75.1 cm³/mol. The minimum Gasteiger partial charge on any atom is -0.480 e. The Labute approximate surface area is 119 Å². The van der Waals surface area contributed by atoms with Gasteiger partial charge < -0.3 is 5.11 Å². The standard InChI is InChI=1S/C14H12N4O3/c1-9-2-4-10(5-3-9)11-6-12-14(21)17(7-13(19)20)15-8-18(12)16-11/h2-6,8H,7H2,1H3,(H,19,20). The number of carbonyl (C=O) groups is 1. The van der Waals surface area contributed by atoms with Crippen molar-refractivity contribution in [2.24, 2.45) is 0 Å². The smallest absolute Gasteiger partial charge is 0.325 e. The molecule has 106 valence electrons. The fourth-order valence-corrected chi connectivity index (χ4v) is 2.04. The largest absolute Gasteiger partial charge is 0.480 e. The second-order valence-corrected chi connectivity index (χ2v) is 4.71. The second kappa shape index (κ2) is 4.86. The Morgan fingerprint density at radius 1 is 1.29 bits per heavy atom. The van der Waals surface area contributed by atoms with Gasteiger partial charge in [0.25, 0.3) is 5.56 Å². The summed E-state index contributed by atoms with van der Waals surface area (Å²) < 4.78 is 2.26. The van der Waals surface area contributed by atoms with Crippen LogP contribution in [0.5, 0.6) is 0 Å². The van der Waals surface area contributed by atoms with Gasteiger partial charge in [-0.25, -0.2) is 9.20 Å². The highest BCUT2D eigenvalue weighted by Crippen LogP contribution is 2.18. The van der Waals surface area contributed by atoms with E-state index in [2.05, 4.69) is 10.2 Å². The lowest BCUT2D eigenvalue weighted by atomic mass is 10.1. The van der Waals surface area contributed by atoms with Crippen molar-refractivity contribution in [1.29, 1.82) is 0 Å². The third-order valence-corrected chi connectivity index (χ3v) is 3.12. The first-order chi connectivity index (χ1) is 10.0. The molecule has 7 heteroatoms. The van der Waals surface area contributed by atoms with Gasteiger partial charge in [-0.15, -0.1) is 0 Å². The number of aliphatic carboxylic acids is 1. The Morgan fingerprint density at radius 2 is 2.00 bits per heavy atom. The summed E-state index contributed by atoms with van der Waals surface area (Å²) in [5.74, 6) is -1.12. The number of hydrogen-bond acceptors (Lipinski definition) is 4. The molecule has 0 spiro atoms. The quantitative estimate of drug-likeness (QED) is 0.773. The molecular formula is C14H12N4O3. The molecular weight excluding hydrogens is 272 g/mol. The molecule has 3 rings (SSSR count). The Bertz CT molecular complexity index is 877. The second-order valence-electron chi connectivity index (χ2n) is 4.71. The Hall–Kier alpha value is -2.96. The number of carboxylic acids is 1. The van der Waals surface area contributed by atoms with Gasteiger partial charge in [0.15, 0.2) is 0 Å². The van der Waals surface area contributed by atoms with E-state index in [0.717, 1.165) is 15.8 Å². The van der Waals surface area contributed by atoms with Crippen LogP contribution in [-0.4, -0.2) is 30.5 Å². The number of carboxylic acid groups (broad SMARTS) is 1. The first kappa shape index (κ1) is 13.0. The van der Waals surface area contributed by atoms with E-state index in [9.17, 15) is 9.59 Å². The van der Waals surface area contributed by atoms with Crippen LogP contribution in [0.1, 0.15) is 5.56 Å². The fourth-order valence-electron chi connectivity index (χ4n) is 2.04. The van der Waals surface area contributed by atoms with E-state index >= 15 is 0 Å². The lowest BCUT2D eigenvalue weighted by Crippen LogP contribution is -2.27. The van der Waals surface area contributed by atoms with Crippen molar-refractivity contribution in [3.63, 3.8) is 0 Å².